The molecule has 7 heteroatoms. The Morgan fingerprint density at radius 1 is 1.60 bits per heavy atom. The van der Waals surface area contributed by atoms with Crippen LogP contribution in [-0.2, 0) is 0 Å². The van der Waals surface area contributed by atoms with Crippen molar-refractivity contribution in [1.29, 1.82) is 5.26 Å². The maximum absolute atomic E-state index is 12.5. The summed E-state index contributed by atoms with van der Waals surface area (Å²) < 4.78 is 25.0. The third-order valence-electron chi connectivity index (χ3n) is 1.56. The number of alkyl halides is 2. The van der Waals surface area contributed by atoms with Crippen molar-refractivity contribution in [3.63, 3.8) is 0 Å². The lowest BCUT2D eigenvalue weighted by Gasteiger charge is -2.06. The van der Waals surface area contributed by atoms with E-state index >= 15 is 0 Å². The first-order valence-corrected chi connectivity index (χ1v) is 4.31. The lowest BCUT2D eigenvalue weighted by Crippen LogP contribution is -2.04. The molecule has 0 unspecified atom stereocenters. The largest absolute Gasteiger partial charge is 0.276 e. The predicted molar refractivity (Wildman–Crippen MR) is 49.1 cm³/mol. The number of nitrogens with zero attached hydrogens (tertiary/aromatic N) is 2. The van der Waals surface area contributed by atoms with Crippen molar-refractivity contribution in [3.8, 4) is 6.07 Å². The minimum Gasteiger partial charge on any atom is -0.276 e. The molecular formula is C8H2Cl2F2N2O. The van der Waals surface area contributed by atoms with E-state index < -0.39 is 28.5 Å². The van der Waals surface area contributed by atoms with Gasteiger partial charge in [0.25, 0.3) is 11.7 Å². The fraction of sp³-hybridized carbons (Fsp3) is 0.125. The van der Waals surface area contributed by atoms with Crippen LogP contribution in [-0.4, -0.2) is 10.2 Å². The summed E-state index contributed by atoms with van der Waals surface area (Å²) in [7, 11) is 0. The number of carbonyl (C=O) groups excluding carboxylic acids is 1. The summed E-state index contributed by atoms with van der Waals surface area (Å²) >= 11 is 10.5. The van der Waals surface area contributed by atoms with Gasteiger partial charge in [-0.25, -0.2) is 13.8 Å². The quantitative estimate of drug-likeness (QED) is 0.599. The van der Waals surface area contributed by atoms with Gasteiger partial charge in [0.05, 0.1) is 5.56 Å². The van der Waals surface area contributed by atoms with Gasteiger partial charge in [0, 0.05) is 5.56 Å². The Hall–Kier alpha value is -1.25. The second-order valence-electron chi connectivity index (χ2n) is 2.44. The van der Waals surface area contributed by atoms with Crippen LogP contribution in [0.4, 0.5) is 8.78 Å². The summed E-state index contributed by atoms with van der Waals surface area (Å²) in [4.78, 5) is 14.2. The number of rotatable bonds is 2. The Morgan fingerprint density at radius 3 is 2.60 bits per heavy atom. The van der Waals surface area contributed by atoms with E-state index in [4.69, 9.17) is 28.5 Å². The SMILES string of the molecule is N#Cc1nc(Cl)cc(C(=O)Cl)c1C(F)F. The van der Waals surface area contributed by atoms with Gasteiger partial charge in [0.1, 0.15) is 11.2 Å². The molecule has 1 rings (SSSR count). The molecule has 15 heavy (non-hydrogen) atoms. The molecule has 0 bridgehead atoms. The first-order valence-electron chi connectivity index (χ1n) is 3.56. The smallest absolute Gasteiger partial charge is 0.267 e. The molecule has 0 spiro atoms. The van der Waals surface area contributed by atoms with Gasteiger partial charge in [-0.1, -0.05) is 11.6 Å². The monoisotopic (exact) mass is 250 g/mol. The molecule has 0 aliphatic heterocycles. The molecule has 0 fully saturated rings. The molecule has 0 aliphatic carbocycles. The number of carbonyl (C=O) groups is 1. The van der Waals surface area contributed by atoms with Gasteiger partial charge in [-0.15, -0.1) is 0 Å². The standard InChI is InChI=1S/C8H2Cl2F2N2O/c9-5-1-3(7(10)15)6(8(11)12)4(2-13)14-5/h1,8H. The maximum atomic E-state index is 12.5. The Bertz CT molecular complexity index is 457. The average molecular weight is 251 g/mol. The predicted octanol–water partition coefficient (Wildman–Crippen LogP) is 2.92. The van der Waals surface area contributed by atoms with Crippen molar-refractivity contribution in [3.05, 3.63) is 28.0 Å². The second-order valence-corrected chi connectivity index (χ2v) is 3.17. The summed E-state index contributed by atoms with van der Waals surface area (Å²) in [5.74, 6) is 0. The van der Waals surface area contributed by atoms with Crippen molar-refractivity contribution >= 4 is 28.4 Å². The van der Waals surface area contributed by atoms with E-state index in [0.717, 1.165) is 6.07 Å². The zero-order valence-electron chi connectivity index (χ0n) is 6.97. The molecule has 1 aromatic heterocycles. The zero-order chi connectivity index (χ0) is 11.6. The minimum absolute atomic E-state index is 0.236. The molecule has 0 saturated heterocycles. The molecule has 0 aromatic carbocycles. The normalized spacial score (nSPS) is 10.1. The van der Waals surface area contributed by atoms with E-state index in [-0.39, 0.29) is 5.15 Å². The van der Waals surface area contributed by atoms with Crippen LogP contribution in [0.5, 0.6) is 0 Å². The molecule has 0 aliphatic rings. The van der Waals surface area contributed by atoms with Crippen molar-refractivity contribution in [1.82, 2.24) is 4.98 Å². The summed E-state index contributed by atoms with van der Waals surface area (Å²) in [6.45, 7) is 0. The van der Waals surface area contributed by atoms with E-state index in [1.807, 2.05) is 0 Å². The average Bonchev–Trinajstić information content (AvgIpc) is 2.15. The molecule has 1 heterocycles. The fourth-order valence-corrected chi connectivity index (χ4v) is 1.34. The highest BCUT2D eigenvalue weighted by Crippen LogP contribution is 2.28. The third-order valence-corrected chi connectivity index (χ3v) is 1.96. The lowest BCUT2D eigenvalue weighted by atomic mass is 10.1. The van der Waals surface area contributed by atoms with Crippen LogP contribution in [0.15, 0.2) is 6.07 Å². The molecular weight excluding hydrogens is 249 g/mol. The zero-order valence-corrected chi connectivity index (χ0v) is 8.48. The van der Waals surface area contributed by atoms with Crippen LogP contribution in [0.1, 0.15) is 28.0 Å². The molecule has 3 nitrogen and oxygen atoms in total. The van der Waals surface area contributed by atoms with Gasteiger partial charge in [-0.05, 0) is 17.7 Å². The van der Waals surface area contributed by atoms with Gasteiger partial charge >= 0.3 is 0 Å². The number of nitriles is 1. The molecule has 0 radical (unpaired) electrons. The topological polar surface area (TPSA) is 53.8 Å². The van der Waals surface area contributed by atoms with E-state index in [0.29, 0.717) is 0 Å². The van der Waals surface area contributed by atoms with Crippen molar-refractivity contribution in [2.75, 3.05) is 0 Å². The van der Waals surface area contributed by atoms with Crippen molar-refractivity contribution < 1.29 is 13.6 Å². The number of halogens is 4. The van der Waals surface area contributed by atoms with Gasteiger partial charge in [0.15, 0.2) is 5.69 Å². The molecule has 0 N–H and O–H groups in total. The highest BCUT2D eigenvalue weighted by molar-refractivity contribution is 6.68. The van der Waals surface area contributed by atoms with Gasteiger partial charge < -0.3 is 0 Å². The van der Waals surface area contributed by atoms with Crippen LogP contribution in [0, 0.1) is 11.3 Å². The Labute approximate surface area is 93.2 Å². The molecule has 0 atom stereocenters. The van der Waals surface area contributed by atoms with E-state index in [1.54, 1.807) is 0 Å². The van der Waals surface area contributed by atoms with Crippen LogP contribution in [0.2, 0.25) is 5.15 Å². The summed E-state index contributed by atoms with van der Waals surface area (Å²) in [6, 6.07) is 2.33. The lowest BCUT2D eigenvalue weighted by molar-refractivity contribution is 0.106. The summed E-state index contributed by atoms with van der Waals surface area (Å²) in [6.07, 6.45) is -3.01. The highest BCUT2D eigenvalue weighted by atomic mass is 35.5. The van der Waals surface area contributed by atoms with E-state index in [1.165, 1.54) is 6.07 Å². The van der Waals surface area contributed by atoms with Crippen molar-refractivity contribution in [2.45, 2.75) is 6.43 Å². The van der Waals surface area contributed by atoms with Gasteiger partial charge in [-0.3, -0.25) is 4.79 Å². The van der Waals surface area contributed by atoms with Crippen LogP contribution >= 0.6 is 23.2 Å². The van der Waals surface area contributed by atoms with Gasteiger partial charge in [-0.2, -0.15) is 5.26 Å². The Balaban J connectivity index is 3.56. The molecule has 0 amide bonds. The van der Waals surface area contributed by atoms with E-state index in [9.17, 15) is 13.6 Å². The first-order chi connectivity index (χ1) is 6.97. The number of pyridine rings is 1. The Morgan fingerprint density at radius 2 is 2.20 bits per heavy atom. The number of hydrogen-bond donors (Lipinski definition) is 0. The van der Waals surface area contributed by atoms with Crippen LogP contribution in [0.3, 0.4) is 0 Å². The fourth-order valence-electron chi connectivity index (χ4n) is 0.992. The van der Waals surface area contributed by atoms with E-state index in [2.05, 4.69) is 4.98 Å². The Kier molecular flexibility index (Phi) is 3.56. The third kappa shape index (κ3) is 2.41. The molecule has 1 aromatic rings. The number of hydrogen-bond acceptors (Lipinski definition) is 3. The van der Waals surface area contributed by atoms with Gasteiger partial charge in [0.2, 0.25) is 0 Å². The second kappa shape index (κ2) is 4.51. The van der Waals surface area contributed by atoms with Crippen LogP contribution < -0.4 is 0 Å². The van der Waals surface area contributed by atoms with Crippen molar-refractivity contribution in [2.24, 2.45) is 0 Å². The minimum atomic E-state index is -3.01. The highest BCUT2D eigenvalue weighted by Gasteiger charge is 2.23. The first kappa shape index (κ1) is 11.8. The summed E-state index contributed by atoms with van der Waals surface area (Å²) in [5, 5.41) is 7.20. The number of aromatic nitrogens is 1. The summed E-state index contributed by atoms with van der Waals surface area (Å²) in [5.41, 5.74) is -1.88. The maximum Gasteiger partial charge on any atom is 0.267 e. The molecule has 0 saturated carbocycles. The molecule has 78 valence electrons. The van der Waals surface area contributed by atoms with Crippen LogP contribution in [0.25, 0.3) is 0 Å².